The van der Waals surface area contributed by atoms with E-state index in [-0.39, 0.29) is 12.1 Å². The molecule has 5 heteroatoms. The SMILES string of the molecule is CCCNC(c1ccc(F)c(F)c1)C1CSCCO1. The monoisotopic (exact) mass is 287 g/mol. The summed E-state index contributed by atoms with van der Waals surface area (Å²) in [6, 6.07) is 4.00. The Labute approximate surface area is 116 Å². The third kappa shape index (κ3) is 3.91. The molecule has 0 aliphatic carbocycles. The van der Waals surface area contributed by atoms with Crippen LogP contribution in [0.15, 0.2) is 18.2 Å². The molecule has 1 fully saturated rings. The van der Waals surface area contributed by atoms with Crippen molar-refractivity contribution in [1.29, 1.82) is 0 Å². The molecule has 2 rings (SSSR count). The van der Waals surface area contributed by atoms with E-state index >= 15 is 0 Å². The molecule has 1 N–H and O–H groups in total. The minimum Gasteiger partial charge on any atom is -0.375 e. The molecule has 19 heavy (non-hydrogen) atoms. The fourth-order valence-electron chi connectivity index (χ4n) is 2.17. The van der Waals surface area contributed by atoms with Crippen LogP contribution < -0.4 is 5.32 Å². The van der Waals surface area contributed by atoms with E-state index in [4.69, 9.17) is 4.74 Å². The molecule has 0 spiro atoms. The van der Waals surface area contributed by atoms with Gasteiger partial charge in [0, 0.05) is 11.5 Å². The zero-order chi connectivity index (χ0) is 13.7. The number of rotatable bonds is 5. The second-order valence-corrected chi connectivity index (χ2v) is 5.74. The van der Waals surface area contributed by atoms with Gasteiger partial charge in [0.1, 0.15) is 0 Å². The van der Waals surface area contributed by atoms with Crippen LogP contribution >= 0.6 is 11.8 Å². The van der Waals surface area contributed by atoms with Crippen molar-refractivity contribution in [3.63, 3.8) is 0 Å². The topological polar surface area (TPSA) is 21.3 Å². The van der Waals surface area contributed by atoms with Crippen molar-refractivity contribution in [3.8, 4) is 0 Å². The quantitative estimate of drug-likeness (QED) is 0.899. The number of thioether (sulfide) groups is 1. The van der Waals surface area contributed by atoms with E-state index < -0.39 is 11.6 Å². The first-order chi connectivity index (χ1) is 9.22. The Hall–Kier alpha value is -0.650. The van der Waals surface area contributed by atoms with E-state index in [2.05, 4.69) is 12.2 Å². The number of nitrogens with one attached hydrogen (secondary N) is 1. The highest BCUT2D eigenvalue weighted by Gasteiger charge is 2.26. The summed E-state index contributed by atoms with van der Waals surface area (Å²) in [5.74, 6) is 0.260. The molecular formula is C14H19F2NOS. The van der Waals surface area contributed by atoms with Crippen molar-refractivity contribution in [2.75, 3.05) is 24.7 Å². The summed E-state index contributed by atoms with van der Waals surface area (Å²) >= 11 is 1.83. The van der Waals surface area contributed by atoms with E-state index in [1.807, 2.05) is 11.8 Å². The molecule has 0 aromatic heterocycles. The Morgan fingerprint density at radius 2 is 2.26 bits per heavy atom. The standard InChI is InChI=1S/C14H19F2NOS/c1-2-5-17-14(13-9-19-7-6-18-13)10-3-4-11(15)12(16)8-10/h3-4,8,13-14,17H,2,5-7,9H2,1H3. The molecule has 0 saturated carbocycles. The van der Waals surface area contributed by atoms with Gasteiger partial charge in [-0.3, -0.25) is 0 Å². The average molecular weight is 287 g/mol. The van der Waals surface area contributed by atoms with Gasteiger partial charge in [0.15, 0.2) is 11.6 Å². The minimum atomic E-state index is -0.808. The number of ether oxygens (including phenoxy) is 1. The van der Waals surface area contributed by atoms with Gasteiger partial charge >= 0.3 is 0 Å². The summed E-state index contributed by atoms with van der Waals surface area (Å²) in [6.07, 6.45) is 0.996. The first-order valence-corrected chi connectivity index (χ1v) is 7.75. The summed E-state index contributed by atoms with van der Waals surface area (Å²) in [7, 11) is 0. The maximum atomic E-state index is 13.4. The van der Waals surface area contributed by atoms with Gasteiger partial charge in [0.05, 0.1) is 18.8 Å². The van der Waals surface area contributed by atoms with Gasteiger partial charge in [-0.1, -0.05) is 13.0 Å². The van der Waals surface area contributed by atoms with Crippen LogP contribution in [0.5, 0.6) is 0 Å². The Kier molecular flexibility index (Phi) is 5.60. The molecule has 0 amide bonds. The molecule has 1 aliphatic rings. The molecule has 0 bridgehead atoms. The largest absolute Gasteiger partial charge is 0.375 e. The van der Waals surface area contributed by atoms with Gasteiger partial charge in [0.2, 0.25) is 0 Å². The lowest BCUT2D eigenvalue weighted by molar-refractivity contribution is 0.0467. The van der Waals surface area contributed by atoms with Crippen LogP contribution in [-0.4, -0.2) is 30.8 Å². The third-order valence-corrected chi connectivity index (χ3v) is 4.15. The van der Waals surface area contributed by atoms with Crippen molar-refractivity contribution in [2.45, 2.75) is 25.5 Å². The zero-order valence-corrected chi connectivity index (χ0v) is 11.8. The smallest absolute Gasteiger partial charge is 0.159 e. The molecular weight excluding hydrogens is 268 g/mol. The lowest BCUT2D eigenvalue weighted by Crippen LogP contribution is -2.38. The van der Waals surface area contributed by atoms with Crippen molar-refractivity contribution in [1.82, 2.24) is 5.32 Å². The number of hydrogen-bond donors (Lipinski definition) is 1. The molecule has 1 aliphatic heterocycles. The predicted molar refractivity (Wildman–Crippen MR) is 74.5 cm³/mol. The third-order valence-electron chi connectivity index (χ3n) is 3.13. The lowest BCUT2D eigenvalue weighted by Gasteiger charge is -2.31. The van der Waals surface area contributed by atoms with Crippen molar-refractivity contribution >= 4 is 11.8 Å². The highest BCUT2D eigenvalue weighted by molar-refractivity contribution is 7.99. The highest BCUT2D eigenvalue weighted by Crippen LogP contribution is 2.26. The van der Waals surface area contributed by atoms with Gasteiger partial charge in [-0.25, -0.2) is 8.78 Å². The van der Waals surface area contributed by atoms with E-state index in [1.165, 1.54) is 12.1 Å². The zero-order valence-electron chi connectivity index (χ0n) is 11.0. The molecule has 1 heterocycles. The Bertz CT molecular complexity index is 410. The molecule has 2 atom stereocenters. The predicted octanol–water partition coefficient (Wildman–Crippen LogP) is 3.14. The van der Waals surface area contributed by atoms with Crippen molar-refractivity contribution < 1.29 is 13.5 Å². The molecule has 0 radical (unpaired) electrons. The summed E-state index contributed by atoms with van der Waals surface area (Å²) in [5.41, 5.74) is 0.750. The fraction of sp³-hybridized carbons (Fsp3) is 0.571. The Morgan fingerprint density at radius 1 is 1.42 bits per heavy atom. The van der Waals surface area contributed by atoms with Crippen molar-refractivity contribution in [2.24, 2.45) is 0 Å². The maximum Gasteiger partial charge on any atom is 0.159 e. The number of hydrogen-bond acceptors (Lipinski definition) is 3. The molecule has 1 saturated heterocycles. The second-order valence-electron chi connectivity index (χ2n) is 4.59. The summed E-state index contributed by atoms with van der Waals surface area (Å²) in [5, 5.41) is 3.37. The van der Waals surface area contributed by atoms with E-state index in [0.717, 1.165) is 30.0 Å². The van der Waals surface area contributed by atoms with E-state index in [9.17, 15) is 8.78 Å². The first-order valence-electron chi connectivity index (χ1n) is 6.60. The van der Waals surface area contributed by atoms with Gasteiger partial charge in [0.25, 0.3) is 0 Å². The first kappa shape index (κ1) is 14.8. The van der Waals surface area contributed by atoms with Gasteiger partial charge < -0.3 is 10.1 Å². The van der Waals surface area contributed by atoms with Crippen LogP contribution in [0.1, 0.15) is 24.9 Å². The fourth-order valence-corrected chi connectivity index (χ4v) is 3.07. The Balaban J connectivity index is 2.17. The van der Waals surface area contributed by atoms with Crippen LogP contribution in [0.4, 0.5) is 8.78 Å². The van der Waals surface area contributed by atoms with Crippen LogP contribution in [0, 0.1) is 11.6 Å². The van der Waals surface area contributed by atoms with Crippen LogP contribution in [-0.2, 0) is 4.74 Å². The summed E-state index contributed by atoms with van der Waals surface area (Å²) in [6.45, 7) is 3.61. The normalized spacial score (nSPS) is 21.3. The van der Waals surface area contributed by atoms with Gasteiger partial charge in [-0.2, -0.15) is 11.8 Å². The molecule has 2 nitrogen and oxygen atoms in total. The highest BCUT2D eigenvalue weighted by atomic mass is 32.2. The summed E-state index contributed by atoms with van der Waals surface area (Å²) in [4.78, 5) is 0. The van der Waals surface area contributed by atoms with Crippen molar-refractivity contribution in [3.05, 3.63) is 35.4 Å². The molecule has 1 aromatic carbocycles. The van der Waals surface area contributed by atoms with Crippen LogP contribution in [0.3, 0.4) is 0 Å². The van der Waals surface area contributed by atoms with Gasteiger partial charge in [-0.05, 0) is 30.7 Å². The number of halogens is 2. The Morgan fingerprint density at radius 3 is 2.89 bits per heavy atom. The number of benzene rings is 1. The maximum absolute atomic E-state index is 13.4. The van der Waals surface area contributed by atoms with Crippen LogP contribution in [0.2, 0.25) is 0 Å². The molecule has 2 unspecified atom stereocenters. The lowest BCUT2D eigenvalue weighted by atomic mass is 10.0. The summed E-state index contributed by atoms with van der Waals surface area (Å²) < 4.78 is 32.2. The van der Waals surface area contributed by atoms with Crippen LogP contribution in [0.25, 0.3) is 0 Å². The van der Waals surface area contributed by atoms with E-state index in [0.29, 0.717) is 6.61 Å². The van der Waals surface area contributed by atoms with E-state index in [1.54, 1.807) is 6.07 Å². The molecule has 106 valence electrons. The second kappa shape index (κ2) is 7.22. The molecule has 1 aromatic rings. The average Bonchev–Trinajstić information content (AvgIpc) is 2.44. The van der Waals surface area contributed by atoms with Gasteiger partial charge in [-0.15, -0.1) is 0 Å². The minimum absolute atomic E-state index is 0.00941.